The van der Waals surface area contributed by atoms with Crippen molar-refractivity contribution in [2.45, 2.75) is 23.9 Å². The number of methoxy groups -OCH3 is 1. The Labute approximate surface area is 205 Å². The summed E-state index contributed by atoms with van der Waals surface area (Å²) in [6.07, 6.45) is 0. The molecule has 0 aliphatic rings. The highest BCUT2D eigenvalue weighted by molar-refractivity contribution is 8.55. The van der Waals surface area contributed by atoms with Gasteiger partial charge in [0.15, 0.2) is 0 Å². The van der Waals surface area contributed by atoms with Crippen LogP contribution in [0.4, 0.5) is 0 Å². The molecule has 0 saturated carbocycles. The highest BCUT2D eigenvalue weighted by Gasteiger charge is 2.29. The van der Waals surface area contributed by atoms with E-state index in [-0.39, 0.29) is 19.0 Å². The number of benzene rings is 3. The lowest BCUT2D eigenvalue weighted by Gasteiger charge is -2.20. The van der Waals surface area contributed by atoms with Crippen molar-refractivity contribution in [3.8, 4) is 5.75 Å². The number of rotatable bonds is 13. The fraction of sp³-hybridized carbons (Fsp3) is 0.208. The molecular weight excluding hydrogens is 495 g/mol. The van der Waals surface area contributed by atoms with Gasteiger partial charge in [0.2, 0.25) is 5.75 Å². The Kier molecular flexibility index (Phi) is 10.1. The molecule has 0 fully saturated rings. The van der Waals surface area contributed by atoms with Crippen LogP contribution in [0.2, 0.25) is 0 Å². The van der Waals surface area contributed by atoms with E-state index in [9.17, 15) is 13.9 Å². The second-order valence-corrected chi connectivity index (χ2v) is 12.5. The minimum atomic E-state index is -3.72. The monoisotopic (exact) mass is 520 g/mol. The summed E-state index contributed by atoms with van der Waals surface area (Å²) in [6, 6.07) is 23.7. The second kappa shape index (κ2) is 13.0. The summed E-state index contributed by atoms with van der Waals surface area (Å²) in [5.74, 6) is -1.09. The van der Waals surface area contributed by atoms with Crippen LogP contribution in [0, 0.1) is 0 Å². The van der Waals surface area contributed by atoms with Crippen LogP contribution in [0.5, 0.6) is 5.75 Å². The highest BCUT2D eigenvalue weighted by Crippen LogP contribution is 2.65. The van der Waals surface area contributed by atoms with Gasteiger partial charge in [0, 0.05) is 5.56 Å². The average molecular weight is 521 g/mol. The Bertz CT molecular complexity index is 1070. The summed E-state index contributed by atoms with van der Waals surface area (Å²) in [5.41, 5.74) is 2.31. The Morgan fingerprint density at radius 1 is 0.941 bits per heavy atom. The molecule has 0 heterocycles. The van der Waals surface area contributed by atoms with Crippen molar-refractivity contribution in [2.75, 3.05) is 12.9 Å². The number of carbonyl (C=O) groups is 1. The Hall–Kier alpha value is -2.26. The Morgan fingerprint density at radius 2 is 1.50 bits per heavy atom. The maximum Gasteiger partial charge on any atom is 0.394 e. The van der Waals surface area contributed by atoms with Gasteiger partial charge in [-0.1, -0.05) is 66.7 Å². The zero-order valence-corrected chi connectivity index (χ0v) is 21.0. The molecule has 0 spiro atoms. The summed E-state index contributed by atoms with van der Waals surface area (Å²) >= 11 is -0.672. The molecule has 0 radical (unpaired) electrons. The predicted molar refractivity (Wildman–Crippen MR) is 133 cm³/mol. The summed E-state index contributed by atoms with van der Waals surface area (Å²) in [5, 5.41) is 8.87. The molecule has 180 valence electrons. The highest BCUT2D eigenvalue weighted by atomic mass is 32.7. The van der Waals surface area contributed by atoms with E-state index in [1.165, 1.54) is 7.11 Å². The fourth-order valence-electron chi connectivity index (χ4n) is 2.92. The molecule has 1 atom stereocenters. The van der Waals surface area contributed by atoms with Crippen LogP contribution in [0.3, 0.4) is 0 Å². The number of carboxylic acids is 1. The first-order valence-electron chi connectivity index (χ1n) is 10.3. The van der Waals surface area contributed by atoms with Gasteiger partial charge in [0.05, 0.1) is 25.2 Å². The van der Waals surface area contributed by atoms with Gasteiger partial charge in [-0.2, -0.15) is 0 Å². The van der Waals surface area contributed by atoms with Gasteiger partial charge in [-0.25, -0.2) is 9.36 Å². The van der Waals surface area contributed by atoms with Crippen LogP contribution in [0.1, 0.15) is 16.7 Å². The molecule has 7 nitrogen and oxygen atoms in total. The second-order valence-electron chi connectivity index (χ2n) is 7.16. The molecule has 3 rings (SSSR count). The number of ether oxygens (including phenoxy) is 1. The van der Waals surface area contributed by atoms with E-state index >= 15 is 0 Å². The Balaban J connectivity index is 1.82. The summed E-state index contributed by atoms with van der Waals surface area (Å²) in [7, 11) is 1.49. The third kappa shape index (κ3) is 8.51. The number of hydrogen-bond acceptors (Lipinski definition) is 7. The van der Waals surface area contributed by atoms with Crippen molar-refractivity contribution in [1.29, 1.82) is 0 Å². The van der Waals surface area contributed by atoms with E-state index in [1.54, 1.807) is 18.2 Å². The molecule has 0 bridgehead atoms. The summed E-state index contributed by atoms with van der Waals surface area (Å²) in [4.78, 5) is 11.3. The molecule has 0 aliphatic carbocycles. The fourth-order valence-corrected chi connectivity index (χ4v) is 7.12. The van der Waals surface area contributed by atoms with Crippen LogP contribution in [0.25, 0.3) is 0 Å². The van der Waals surface area contributed by atoms with Crippen molar-refractivity contribution in [2.24, 2.45) is 0 Å². The van der Waals surface area contributed by atoms with Crippen LogP contribution in [-0.4, -0.2) is 28.5 Å². The predicted octanol–water partition coefficient (Wildman–Crippen LogP) is 5.66. The van der Waals surface area contributed by atoms with Crippen LogP contribution < -0.4 is 4.74 Å². The SMILES string of the molecule is COc1ccc(C[S+]([O-])CC(=O)O)cc1SP(=O)(OCc1ccccc1)OCc1ccccc1. The third-order valence-electron chi connectivity index (χ3n) is 4.51. The van der Waals surface area contributed by atoms with Gasteiger partial charge in [-0.05, 0) is 45.8 Å². The van der Waals surface area contributed by atoms with Crippen LogP contribution >= 0.6 is 18.2 Å². The molecule has 10 heteroatoms. The molecule has 0 aromatic heterocycles. The molecular formula is C24H25O7PS2. The smallest absolute Gasteiger partial charge is 0.394 e. The van der Waals surface area contributed by atoms with E-state index in [0.717, 1.165) is 22.5 Å². The minimum absolute atomic E-state index is 0.0455. The maximum atomic E-state index is 13.8. The molecule has 0 aliphatic heterocycles. The molecule has 3 aromatic rings. The average Bonchev–Trinajstić information content (AvgIpc) is 2.83. The van der Waals surface area contributed by atoms with E-state index in [1.807, 2.05) is 60.7 Å². The van der Waals surface area contributed by atoms with Gasteiger partial charge in [-0.15, -0.1) is 0 Å². The standard InChI is InChI=1S/C24H25O7PS2/c1-29-22-13-12-21(17-34(28)18-24(25)26)14-23(22)33-32(27,30-15-19-8-4-2-5-9-19)31-16-20-10-6-3-7-11-20/h2-14H,15-18H2,1H3,(H,25,26). The molecule has 0 saturated heterocycles. The largest absolute Gasteiger partial charge is 0.616 e. The van der Waals surface area contributed by atoms with Crippen LogP contribution in [0.15, 0.2) is 83.8 Å². The van der Waals surface area contributed by atoms with E-state index in [2.05, 4.69) is 0 Å². The zero-order valence-electron chi connectivity index (χ0n) is 18.5. The normalized spacial score (nSPS) is 12.3. The molecule has 1 N–H and O–H groups in total. The molecule has 3 aromatic carbocycles. The van der Waals surface area contributed by atoms with E-state index in [0.29, 0.717) is 16.2 Å². The topological polar surface area (TPSA) is 105 Å². The van der Waals surface area contributed by atoms with E-state index in [4.69, 9.17) is 18.9 Å². The lowest BCUT2D eigenvalue weighted by atomic mass is 10.2. The van der Waals surface area contributed by atoms with Gasteiger partial charge in [-0.3, -0.25) is 9.05 Å². The first-order chi connectivity index (χ1) is 16.4. The molecule has 0 amide bonds. The van der Waals surface area contributed by atoms with Crippen molar-refractivity contribution in [1.82, 2.24) is 0 Å². The van der Waals surface area contributed by atoms with Gasteiger partial charge >= 0.3 is 12.8 Å². The number of carboxylic acid groups (broad SMARTS) is 1. The minimum Gasteiger partial charge on any atom is -0.616 e. The van der Waals surface area contributed by atoms with Gasteiger partial charge in [0.25, 0.3) is 0 Å². The Morgan fingerprint density at radius 3 is 2.00 bits per heavy atom. The third-order valence-corrected chi connectivity index (χ3v) is 9.26. The van der Waals surface area contributed by atoms with Crippen molar-refractivity contribution < 1.29 is 32.8 Å². The number of aliphatic carboxylic acids is 1. The summed E-state index contributed by atoms with van der Waals surface area (Å²) in [6.45, 7) is -3.55. The lowest BCUT2D eigenvalue weighted by Crippen LogP contribution is -2.17. The van der Waals surface area contributed by atoms with Crippen molar-refractivity contribution >= 4 is 35.3 Å². The van der Waals surface area contributed by atoms with E-state index < -0.39 is 29.7 Å². The lowest BCUT2D eigenvalue weighted by molar-refractivity contribution is -0.134. The summed E-state index contributed by atoms with van der Waals surface area (Å²) < 4.78 is 42.9. The molecule has 34 heavy (non-hydrogen) atoms. The maximum absolute atomic E-state index is 13.8. The van der Waals surface area contributed by atoms with Crippen LogP contribution in [-0.2, 0) is 48.5 Å². The molecule has 1 unspecified atom stereocenters. The zero-order chi connectivity index (χ0) is 24.4. The van der Waals surface area contributed by atoms with Gasteiger partial charge in [0.1, 0.15) is 11.5 Å². The van der Waals surface area contributed by atoms with Gasteiger partial charge < -0.3 is 14.4 Å². The number of hydrogen-bond donors (Lipinski definition) is 1. The van der Waals surface area contributed by atoms with Crippen molar-refractivity contribution in [3.05, 3.63) is 95.6 Å². The first-order valence-corrected chi connectivity index (χ1v) is 14.7. The quantitative estimate of drug-likeness (QED) is 0.227. The first kappa shape index (κ1) is 26.3. The van der Waals surface area contributed by atoms with Crippen molar-refractivity contribution in [3.63, 3.8) is 0 Å².